The van der Waals surface area contributed by atoms with Crippen molar-refractivity contribution in [2.24, 2.45) is 7.05 Å². The Labute approximate surface area is 161 Å². The van der Waals surface area contributed by atoms with Gasteiger partial charge in [0.1, 0.15) is 11.6 Å². The van der Waals surface area contributed by atoms with E-state index in [1.54, 1.807) is 17.2 Å². The number of rotatable bonds is 7. The first-order valence-electron chi connectivity index (χ1n) is 8.58. The molecule has 2 heterocycles. The van der Waals surface area contributed by atoms with Gasteiger partial charge >= 0.3 is 0 Å². The molecule has 3 rings (SSSR count). The lowest BCUT2D eigenvalue weighted by Gasteiger charge is -2.20. The van der Waals surface area contributed by atoms with Crippen LogP contribution < -0.4 is 0 Å². The van der Waals surface area contributed by atoms with Gasteiger partial charge in [-0.2, -0.15) is 0 Å². The molecule has 0 spiro atoms. The maximum absolute atomic E-state index is 13.4. The van der Waals surface area contributed by atoms with Crippen LogP contribution in [-0.4, -0.2) is 37.9 Å². The van der Waals surface area contributed by atoms with Gasteiger partial charge in [-0.05, 0) is 37.6 Å². The molecule has 8 heteroatoms. The molecule has 0 atom stereocenters. The Morgan fingerprint density at radius 3 is 2.81 bits per heavy atom. The molecular formula is C19H21FN4O2S. The minimum Gasteiger partial charge on any atom is -0.469 e. The minimum atomic E-state index is -0.300. The summed E-state index contributed by atoms with van der Waals surface area (Å²) in [6.45, 7) is 4.70. The molecule has 0 saturated carbocycles. The van der Waals surface area contributed by atoms with Crippen molar-refractivity contribution < 1.29 is 13.6 Å². The van der Waals surface area contributed by atoms with Crippen molar-refractivity contribution in [3.05, 3.63) is 53.7 Å². The minimum absolute atomic E-state index is 0.0317. The average molecular weight is 388 g/mol. The van der Waals surface area contributed by atoms with Gasteiger partial charge in [0.15, 0.2) is 11.0 Å². The van der Waals surface area contributed by atoms with E-state index in [0.717, 1.165) is 16.9 Å². The van der Waals surface area contributed by atoms with Gasteiger partial charge in [-0.3, -0.25) is 4.79 Å². The van der Waals surface area contributed by atoms with Crippen LogP contribution in [0, 0.1) is 12.7 Å². The van der Waals surface area contributed by atoms with Gasteiger partial charge in [0.25, 0.3) is 0 Å². The van der Waals surface area contributed by atoms with Crippen molar-refractivity contribution >= 4 is 17.7 Å². The topological polar surface area (TPSA) is 64.2 Å². The summed E-state index contributed by atoms with van der Waals surface area (Å²) in [6.07, 6.45) is 1.61. The summed E-state index contributed by atoms with van der Waals surface area (Å²) in [5, 5.41) is 9.04. The number of aromatic nitrogens is 3. The Balaban J connectivity index is 1.64. The van der Waals surface area contributed by atoms with Gasteiger partial charge < -0.3 is 13.9 Å². The monoisotopic (exact) mass is 388 g/mol. The number of hydrogen-bond donors (Lipinski definition) is 0. The number of carbonyl (C=O) groups is 1. The van der Waals surface area contributed by atoms with E-state index < -0.39 is 0 Å². The van der Waals surface area contributed by atoms with Crippen molar-refractivity contribution in [3.63, 3.8) is 0 Å². The third-order valence-corrected chi connectivity index (χ3v) is 5.26. The summed E-state index contributed by atoms with van der Waals surface area (Å²) in [4.78, 5) is 14.3. The second-order valence-electron chi connectivity index (χ2n) is 6.08. The molecule has 0 unspecified atom stereocenters. The third kappa shape index (κ3) is 4.39. The number of thioether (sulfide) groups is 1. The lowest BCUT2D eigenvalue weighted by Crippen LogP contribution is -2.31. The van der Waals surface area contributed by atoms with Crippen molar-refractivity contribution in [3.8, 4) is 11.4 Å². The largest absolute Gasteiger partial charge is 0.469 e. The SMILES string of the molecule is CCN(Cc1cccc(F)c1)C(=O)CSc1nnc(-c2ccoc2C)n1C. The van der Waals surface area contributed by atoms with E-state index in [0.29, 0.717) is 24.1 Å². The number of carbonyl (C=O) groups excluding carboxylic acids is 1. The summed E-state index contributed by atoms with van der Waals surface area (Å²) >= 11 is 1.33. The number of furan rings is 1. The fraction of sp³-hybridized carbons (Fsp3) is 0.316. The molecule has 142 valence electrons. The van der Waals surface area contributed by atoms with Gasteiger partial charge in [-0.25, -0.2) is 4.39 Å². The molecule has 2 aromatic heterocycles. The Hall–Kier alpha value is -2.61. The first kappa shape index (κ1) is 19.2. The highest BCUT2D eigenvalue weighted by molar-refractivity contribution is 7.99. The molecule has 0 aliphatic heterocycles. The van der Waals surface area contributed by atoms with E-state index in [4.69, 9.17) is 4.42 Å². The van der Waals surface area contributed by atoms with E-state index >= 15 is 0 Å². The van der Waals surface area contributed by atoms with Crippen LogP contribution in [0.25, 0.3) is 11.4 Å². The summed E-state index contributed by atoms with van der Waals surface area (Å²) in [7, 11) is 1.86. The molecule has 0 bridgehead atoms. The summed E-state index contributed by atoms with van der Waals surface area (Å²) < 4.78 is 20.5. The average Bonchev–Trinajstić information content (AvgIpc) is 3.23. The molecule has 1 amide bonds. The van der Waals surface area contributed by atoms with Crippen molar-refractivity contribution in [2.75, 3.05) is 12.3 Å². The van der Waals surface area contributed by atoms with Crippen LogP contribution in [0.2, 0.25) is 0 Å². The Morgan fingerprint density at radius 2 is 2.15 bits per heavy atom. The highest BCUT2D eigenvalue weighted by Gasteiger charge is 2.18. The van der Waals surface area contributed by atoms with Gasteiger partial charge in [-0.15, -0.1) is 10.2 Å². The van der Waals surface area contributed by atoms with Crippen LogP contribution >= 0.6 is 11.8 Å². The van der Waals surface area contributed by atoms with Crippen LogP contribution in [0.1, 0.15) is 18.2 Å². The fourth-order valence-electron chi connectivity index (χ4n) is 2.74. The highest BCUT2D eigenvalue weighted by atomic mass is 32.2. The zero-order chi connectivity index (χ0) is 19.4. The molecule has 0 aliphatic carbocycles. The molecule has 27 heavy (non-hydrogen) atoms. The van der Waals surface area contributed by atoms with E-state index in [1.165, 1.54) is 23.9 Å². The van der Waals surface area contributed by atoms with Gasteiger partial charge in [-0.1, -0.05) is 23.9 Å². The van der Waals surface area contributed by atoms with Crippen molar-refractivity contribution in [1.82, 2.24) is 19.7 Å². The molecule has 0 saturated heterocycles. The molecule has 6 nitrogen and oxygen atoms in total. The lowest BCUT2D eigenvalue weighted by molar-refractivity contribution is -0.128. The summed E-state index contributed by atoms with van der Waals surface area (Å²) in [5.41, 5.74) is 1.65. The highest BCUT2D eigenvalue weighted by Crippen LogP contribution is 2.26. The van der Waals surface area contributed by atoms with Gasteiger partial charge in [0, 0.05) is 20.1 Å². The van der Waals surface area contributed by atoms with Gasteiger partial charge in [0.2, 0.25) is 5.91 Å². The van der Waals surface area contributed by atoms with Crippen LogP contribution in [-0.2, 0) is 18.4 Å². The standard InChI is InChI=1S/C19H21FN4O2S/c1-4-24(11-14-6-5-7-15(20)10-14)17(25)12-27-19-22-21-18(23(19)3)16-8-9-26-13(16)2/h5-10H,4,11-12H2,1-3H3. The smallest absolute Gasteiger partial charge is 0.233 e. The van der Waals surface area contributed by atoms with Gasteiger partial charge in [0.05, 0.1) is 17.6 Å². The Morgan fingerprint density at radius 1 is 1.33 bits per heavy atom. The predicted octanol–water partition coefficient (Wildman–Crippen LogP) is 3.66. The summed E-state index contributed by atoms with van der Waals surface area (Å²) in [6, 6.07) is 8.15. The lowest BCUT2D eigenvalue weighted by atomic mass is 10.2. The number of amides is 1. The van der Waals surface area contributed by atoms with Crippen molar-refractivity contribution in [2.45, 2.75) is 25.5 Å². The first-order valence-corrected chi connectivity index (χ1v) is 9.57. The molecule has 3 aromatic rings. The maximum Gasteiger partial charge on any atom is 0.233 e. The number of benzene rings is 1. The molecule has 0 radical (unpaired) electrons. The number of hydrogen-bond acceptors (Lipinski definition) is 5. The number of nitrogens with zero attached hydrogens (tertiary/aromatic N) is 4. The Kier molecular flexibility index (Phi) is 5.95. The van der Waals surface area contributed by atoms with Crippen LogP contribution in [0.3, 0.4) is 0 Å². The van der Waals surface area contributed by atoms with E-state index in [1.807, 2.05) is 37.6 Å². The second kappa shape index (κ2) is 8.39. The Bertz CT molecular complexity index is 937. The van der Waals surface area contributed by atoms with E-state index in [9.17, 15) is 9.18 Å². The van der Waals surface area contributed by atoms with Crippen LogP contribution in [0.15, 0.2) is 46.2 Å². The molecular weight excluding hydrogens is 367 g/mol. The maximum atomic E-state index is 13.4. The third-order valence-electron chi connectivity index (χ3n) is 4.26. The number of halogens is 1. The van der Waals surface area contributed by atoms with Crippen molar-refractivity contribution in [1.29, 1.82) is 0 Å². The van der Waals surface area contributed by atoms with Crippen LogP contribution in [0.5, 0.6) is 0 Å². The molecule has 0 aliphatic rings. The van der Waals surface area contributed by atoms with E-state index in [2.05, 4.69) is 10.2 Å². The zero-order valence-electron chi connectivity index (χ0n) is 15.5. The number of aryl methyl sites for hydroxylation is 1. The molecule has 0 N–H and O–H groups in total. The van der Waals surface area contributed by atoms with E-state index in [-0.39, 0.29) is 17.5 Å². The second-order valence-corrected chi connectivity index (χ2v) is 7.02. The first-order chi connectivity index (χ1) is 13.0. The molecule has 1 aromatic carbocycles. The fourth-order valence-corrected chi connectivity index (χ4v) is 3.56. The summed E-state index contributed by atoms with van der Waals surface area (Å²) in [5.74, 6) is 1.37. The normalized spacial score (nSPS) is 11.0. The molecule has 0 fully saturated rings. The zero-order valence-corrected chi connectivity index (χ0v) is 16.3. The van der Waals surface area contributed by atoms with Crippen LogP contribution in [0.4, 0.5) is 4.39 Å². The predicted molar refractivity (Wildman–Crippen MR) is 102 cm³/mol. The quantitative estimate of drug-likeness (QED) is 0.578.